The number of benzene rings is 3. The molecule has 0 aliphatic rings. The molecule has 5 nitrogen and oxygen atoms in total. The number of hydrogen-bond acceptors (Lipinski definition) is 5. The molecule has 0 heterocycles. The van der Waals surface area contributed by atoms with Crippen molar-refractivity contribution in [1.29, 1.82) is 0 Å². The first-order valence-corrected chi connectivity index (χ1v) is 8.56. The maximum Gasteiger partial charge on any atom is 0.178 e. The zero-order chi connectivity index (χ0) is 22.4. The third-order valence-corrected chi connectivity index (χ3v) is 3.60. The molecule has 0 aliphatic heterocycles. The second-order valence-corrected chi connectivity index (χ2v) is 5.63. The van der Waals surface area contributed by atoms with E-state index < -0.39 is 11.6 Å². The lowest BCUT2D eigenvalue weighted by Gasteiger charge is -1.95. The maximum atomic E-state index is 12.8. The van der Waals surface area contributed by atoms with Crippen molar-refractivity contribution in [2.45, 2.75) is 0 Å². The molecule has 0 radical (unpaired) electrons. The molecule has 156 valence electrons. The Morgan fingerprint density at radius 2 is 1.23 bits per heavy atom. The summed E-state index contributed by atoms with van der Waals surface area (Å²) in [4.78, 5) is 9.99. The lowest BCUT2D eigenvalue weighted by molar-refractivity contribution is 0.112. The number of aldehydes is 1. The van der Waals surface area contributed by atoms with Crippen LogP contribution in [0.3, 0.4) is 0 Å². The van der Waals surface area contributed by atoms with Crippen molar-refractivity contribution in [3.63, 3.8) is 0 Å². The molecule has 0 saturated carbocycles. The number of halogens is 4. The molecule has 0 unspecified atom stereocenters. The zero-order valence-corrected chi connectivity index (χ0v) is 16.0. The van der Waals surface area contributed by atoms with E-state index in [2.05, 4.69) is 10.3 Å². The standard InChI is InChI=1S/C7H5ClFNO.C7H6FNO.C7H5FO/c8-7(10-11)5-3-1-2-4-6(5)9;8-7-4-2-1-3-6(7)5-9-10;8-7-4-2-1-3-6(7)5-9/h1-4,11H;1-5,10H;1-5H/b10-7-;9-5+;. The van der Waals surface area contributed by atoms with Crippen molar-refractivity contribution in [3.8, 4) is 0 Å². The summed E-state index contributed by atoms with van der Waals surface area (Å²) in [5.74, 6) is -1.36. The van der Waals surface area contributed by atoms with Gasteiger partial charge in [-0.25, -0.2) is 13.2 Å². The summed E-state index contributed by atoms with van der Waals surface area (Å²) >= 11 is 5.36. The van der Waals surface area contributed by atoms with E-state index >= 15 is 0 Å². The van der Waals surface area contributed by atoms with E-state index in [9.17, 15) is 18.0 Å². The van der Waals surface area contributed by atoms with E-state index in [0.717, 1.165) is 6.21 Å². The first-order valence-electron chi connectivity index (χ1n) is 8.18. The molecule has 0 amide bonds. The van der Waals surface area contributed by atoms with Crippen LogP contribution < -0.4 is 0 Å². The Morgan fingerprint density at radius 1 is 0.767 bits per heavy atom. The van der Waals surface area contributed by atoms with Crippen LogP contribution >= 0.6 is 11.6 Å². The lowest BCUT2D eigenvalue weighted by Crippen LogP contribution is -1.94. The molecule has 0 bridgehead atoms. The number of carbonyl (C=O) groups excluding carboxylic acids is 1. The molecule has 0 fully saturated rings. The van der Waals surface area contributed by atoms with Crippen LogP contribution in [0.25, 0.3) is 0 Å². The van der Waals surface area contributed by atoms with Crippen molar-refractivity contribution in [2.75, 3.05) is 0 Å². The fourth-order valence-electron chi connectivity index (χ4n) is 1.90. The summed E-state index contributed by atoms with van der Waals surface area (Å²) in [6, 6.07) is 17.7. The molecule has 30 heavy (non-hydrogen) atoms. The third-order valence-electron chi connectivity index (χ3n) is 3.32. The fourth-order valence-corrected chi connectivity index (χ4v) is 2.05. The highest BCUT2D eigenvalue weighted by molar-refractivity contribution is 6.69. The lowest BCUT2D eigenvalue weighted by atomic mass is 10.2. The highest BCUT2D eigenvalue weighted by Crippen LogP contribution is 2.09. The molecule has 0 aliphatic carbocycles. The molecule has 0 atom stereocenters. The number of rotatable bonds is 3. The molecule has 9 heteroatoms. The Labute approximate surface area is 175 Å². The Kier molecular flexibility index (Phi) is 11.0. The summed E-state index contributed by atoms with van der Waals surface area (Å²) in [6.07, 6.45) is 1.55. The smallest absolute Gasteiger partial charge is 0.178 e. The molecule has 3 aromatic carbocycles. The summed E-state index contributed by atoms with van der Waals surface area (Å²) in [5, 5.41) is 21.4. The predicted octanol–water partition coefficient (Wildman–Crippen LogP) is 5.47. The minimum absolute atomic E-state index is 0.0941. The normalized spacial score (nSPS) is 10.5. The number of oxime groups is 2. The number of nitrogens with zero attached hydrogens (tertiary/aromatic N) is 2. The van der Waals surface area contributed by atoms with Crippen molar-refractivity contribution < 1.29 is 28.4 Å². The van der Waals surface area contributed by atoms with Gasteiger partial charge in [-0.05, 0) is 30.3 Å². The van der Waals surface area contributed by atoms with Gasteiger partial charge in [0.05, 0.1) is 17.3 Å². The van der Waals surface area contributed by atoms with Gasteiger partial charge in [0.25, 0.3) is 0 Å². The van der Waals surface area contributed by atoms with Gasteiger partial charge in [0.15, 0.2) is 11.5 Å². The predicted molar refractivity (Wildman–Crippen MR) is 108 cm³/mol. The van der Waals surface area contributed by atoms with E-state index in [1.165, 1.54) is 42.5 Å². The van der Waals surface area contributed by atoms with Crippen molar-refractivity contribution in [2.24, 2.45) is 10.3 Å². The van der Waals surface area contributed by atoms with Crippen LogP contribution in [0.15, 0.2) is 83.1 Å². The minimum Gasteiger partial charge on any atom is -0.411 e. The average molecular weight is 437 g/mol. The Morgan fingerprint density at radius 3 is 1.63 bits per heavy atom. The molecule has 0 spiro atoms. The summed E-state index contributed by atoms with van der Waals surface area (Å²) in [7, 11) is 0. The summed E-state index contributed by atoms with van der Waals surface area (Å²) in [5.41, 5.74) is 0.485. The molecule has 0 aromatic heterocycles. The van der Waals surface area contributed by atoms with Gasteiger partial charge in [-0.1, -0.05) is 64.4 Å². The minimum atomic E-state index is -0.504. The van der Waals surface area contributed by atoms with Gasteiger partial charge in [-0.3, -0.25) is 4.79 Å². The van der Waals surface area contributed by atoms with Crippen LogP contribution in [-0.2, 0) is 0 Å². The first-order chi connectivity index (χ1) is 14.4. The van der Waals surface area contributed by atoms with Crippen LogP contribution in [0.5, 0.6) is 0 Å². The molecule has 2 N–H and O–H groups in total. The van der Waals surface area contributed by atoms with Crippen LogP contribution in [0.2, 0.25) is 0 Å². The Balaban J connectivity index is 0.000000226. The van der Waals surface area contributed by atoms with Crippen LogP contribution in [0.1, 0.15) is 21.5 Å². The van der Waals surface area contributed by atoms with Gasteiger partial charge < -0.3 is 10.4 Å². The van der Waals surface area contributed by atoms with E-state index in [0.29, 0.717) is 6.29 Å². The van der Waals surface area contributed by atoms with E-state index in [1.807, 2.05) is 0 Å². The monoisotopic (exact) mass is 436 g/mol. The molecular weight excluding hydrogens is 421 g/mol. The van der Waals surface area contributed by atoms with Gasteiger partial charge in [0, 0.05) is 5.56 Å². The highest BCUT2D eigenvalue weighted by Gasteiger charge is 2.05. The van der Waals surface area contributed by atoms with Crippen molar-refractivity contribution >= 4 is 29.3 Å². The average Bonchev–Trinajstić information content (AvgIpc) is 2.77. The van der Waals surface area contributed by atoms with E-state index in [4.69, 9.17) is 22.0 Å². The Hall–Kier alpha value is -3.65. The summed E-state index contributed by atoms with van der Waals surface area (Å²) < 4.78 is 37.7. The zero-order valence-electron chi connectivity index (χ0n) is 15.3. The number of carbonyl (C=O) groups is 1. The molecular formula is C21H16ClF3N2O3. The first kappa shape index (κ1) is 24.4. The van der Waals surface area contributed by atoms with Gasteiger partial charge in [-0.15, -0.1) is 0 Å². The van der Waals surface area contributed by atoms with Crippen LogP contribution in [-0.4, -0.2) is 28.1 Å². The number of hydrogen-bond donors (Lipinski definition) is 2. The molecule has 3 aromatic rings. The molecule has 0 saturated heterocycles. The van der Waals surface area contributed by atoms with Gasteiger partial charge in [0.2, 0.25) is 0 Å². The maximum absolute atomic E-state index is 12.8. The second kappa shape index (κ2) is 13.5. The quantitative estimate of drug-likeness (QED) is 0.247. The third kappa shape index (κ3) is 8.15. The highest BCUT2D eigenvalue weighted by atomic mass is 35.5. The fraction of sp³-hybridized carbons (Fsp3) is 0. The van der Waals surface area contributed by atoms with Crippen molar-refractivity contribution in [3.05, 3.63) is 107 Å². The van der Waals surface area contributed by atoms with Crippen molar-refractivity contribution in [1.82, 2.24) is 0 Å². The largest absolute Gasteiger partial charge is 0.411 e. The van der Waals surface area contributed by atoms with Gasteiger partial charge >= 0.3 is 0 Å². The van der Waals surface area contributed by atoms with Gasteiger partial charge in [0.1, 0.15) is 17.5 Å². The van der Waals surface area contributed by atoms with Gasteiger partial charge in [-0.2, -0.15) is 0 Å². The second-order valence-electron chi connectivity index (χ2n) is 5.28. The summed E-state index contributed by atoms with van der Waals surface area (Å²) in [6.45, 7) is 0. The SMILES string of the molecule is O/N=C(\Cl)c1ccccc1F.O/N=C/c1ccccc1F.O=Cc1ccccc1F. The Bertz CT molecular complexity index is 1010. The molecule has 3 rings (SSSR count). The van der Waals surface area contributed by atoms with Crippen LogP contribution in [0, 0.1) is 17.5 Å². The topological polar surface area (TPSA) is 82.2 Å². The van der Waals surface area contributed by atoms with Crippen LogP contribution in [0.4, 0.5) is 13.2 Å². The van der Waals surface area contributed by atoms with E-state index in [1.54, 1.807) is 30.3 Å². The van der Waals surface area contributed by atoms with E-state index in [-0.39, 0.29) is 27.7 Å².